The van der Waals surface area contributed by atoms with Crippen LogP contribution in [0.2, 0.25) is 0 Å². The number of likely N-dealkylation sites (tertiary alicyclic amines) is 2. The predicted octanol–water partition coefficient (Wildman–Crippen LogP) is 2.85. The minimum absolute atomic E-state index is 0.1000. The monoisotopic (exact) mass is 493 g/mol. The zero-order valence-electron chi connectivity index (χ0n) is 21.4. The van der Waals surface area contributed by atoms with E-state index in [9.17, 15) is 14.7 Å². The number of nitrogens with zero attached hydrogens (tertiary/aromatic N) is 3. The van der Waals surface area contributed by atoms with Crippen LogP contribution >= 0.6 is 0 Å². The topological polar surface area (TPSA) is 88.2 Å². The van der Waals surface area contributed by atoms with Gasteiger partial charge in [0.05, 0.1) is 17.8 Å². The van der Waals surface area contributed by atoms with E-state index in [4.69, 9.17) is 0 Å². The maximum atomic E-state index is 12.7. The van der Waals surface area contributed by atoms with Gasteiger partial charge in [-0.15, -0.1) is 0 Å². The van der Waals surface area contributed by atoms with Gasteiger partial charge >= 0.3 is 6.03 Å². The Hall–Kier alpha value is -2.94. The SMILES string of the molecule is CN(C)C(=O)[C@@H]1CCCN1CC(O)CN1CCC(NC(=O)Nc2ccccc2-c2ccccc2)CC1. The third kappa shape index (κ3) is 6.84. The summed E-state index contributed by atoms with van der Waals surface area (Å²) in [6.45, 7) is 3.61. The van der Waals surface area contributed by atoms with Crippen LogP contribution in [0, 0.1) is 0 Å². The van der Waals surface area contributed by atoms with Gasteiger partial charge in [0.15, 0.2) is 0 Å². The molecule has 2 saturated heterocycles. The number of rotatable bonds is 8. The third-order valence-corrected chi connectivity index (χ3v) is 7.19. The molecule has 8 nitrogen and oxygen atoms in total. The highest BCUT2D eigenvalue weighted by molar-refractivity contribution is 5.94. The van der Waals surface area contributed by atoms with Crippen molar-refractivity contribution >= 4 is 17.6 Å². The van der Waals surface area contributed by atoms with Gasteiger partial charge in [0.25, 0.3) is 0 Å². The van der Waals surface area contributed by atoms with Crippen molar-refractivity contribution in [1.29, 1.82) is 0 Å². The normalized spacial score (nSPS) is 20.1. The number of likely N-dealkylation sites (N-methyl/N-ethyl adjacent to an activating group) is 1. The molecule has 194 valence electrons. The molecule has 1 unspecified atom stereocenters. The summed E-state index contributed by atoms with van der Waals surface area (Å²) in [4.78, 5) is 31.2. The highest BCUT2D eigenvalue weighted by atomic mass is 16.3. The van der Waals surface area contributed by atoms with Crippen molar-refractivity contribution in [1.82, 2.24) is 20.0 Å². The number of piperidine rings is 1. The van der Waals surface area contributed by atoms with Crippen LogP contribution in [0.1, 0.15) is 25.7 Å². The van der Waals surface area contributed by atoms with Gasteiger partial charge < -0.3 is 25.5 Å². The fourth-order valence-corrected chi connectivity index (χ4v) is 5.31. The first-order valence-electron chi connectivity index (χ1n) is 13.0. The second kappa shape index (κ2) is 12.3. The molecule has 2 aromatic rings. The number of aliphatic hydroxyl groups excluding tert-OH is 1. The molecule has 3 amide bonds. The molecular weight excluding hydrogens is 454 g/mol. The molecule has 4 rings (SSSR count). The molecule has 0 spiro atoms. The van der Waals surface area contributed by atoms with Crippen molar-refractivity contribution in [2.75, 3.05) is 52.1 Å². The molecule has 2 fully saturated rings. The fourth-order valence-electron chi connectivity index (χ4n) is 5.31. The molecule has 8 heteroatoms. The van der Waals surface area contributed by atoms with Gasteiger partial charge in [-0.2, -0.15) is 0 Å². The summed E-state index contributed by atoms with van der Waals surface area (Å²) in [6.07, 6.45) is 3.03. The molecule has 3 N–H and O–H groups in total. The summed E-state index contributed by atoms with van der Waals surface area (Å²) in [5, 5.41) is 16.8. The molecule has 2 aromatic carbocycles. The maximum absolute atomic E-state index is 12.7. The van der Waals surface area contributed by atoms with Gasteiger partial charge in [0, 0.05) is 51.9 Å². The van der Waals surface area contributed by atoms with E-state index in [1.54, 1.807) is 19.0 Å². The van der Waals surface area contributed by atoms with Crippen LogP contribution in [0.3, 0.4) is 0 Å². The van der Waals surface area contributed by atoms with Crippen LogP contribution in [-0.4, -0.2) is 96.8 Å². The second-order valence-electron chi connectivity index (χ2n) is 10.1. The average Bonchev–Trinajstić information content (AvgIpc) is 3.33. The smallest absolute Gasteiger partial charge is 0.319 e. The van der Waals surface area contributed by atoms with Gasteiger partial charge in [-0.05, 0) is 43.9 Å². The molecule has 2 aliphatic rings. The largest absolute Gasteiger partial charge is 0.390 e. The standard InChI is InChI=1S/C28H39N5O3/c1-31(2)27(35)26-13-8-16-33(26)20-23(34)19-32-17-14-22(15-18-32)29-28(36)30-25-12-7-6-11-24(25)21-9-4-3-5-10-21/h3-7,9-12,22-23,26,34H,8,13-20H2,1-2H3,(H2,29,30,36)/t23?,26-/m0/s1. The molecule has 2 aliphatic heterocycles. The Bertz CT molecular complexity index is 1010. The quantitative estimate of drug-likeness (QED) is 0.526. The number of amides is 3. The summed E-state index contributed by atoms with van der Waals surface area (Å²) in [5.41, 5.74) is 2.84. The maximum Gasteiger partial charge on any atom is 0.319 e. The van der Waals surface area contributed by atoms with E-state index in [0.29, 0.717) is 13.1 Å². The Morgan fingerprint density at radius 1 is 0.972 bits per heavy atom. The molecule has 36 heavy (non-hydrogen) atoms. The molecular formula is C28H39N5O3. The van der Waals surface area contributed by atoms with Crippen molar-refractivity contribution in [3.05, 3.63) is 54.6 Å². The van der Waals surface area contributed by atoms with E-state index in [-0.39, 0.29) is 24.0 Å². The molecule has 0 bridgehead atoms. The molecule has 2 atom stereocenters. The molecule has 0 radical (unpaired) electrons. The summed E-state index contributed by atoms with van der Waals surface area (Å²) >= 11 is 0. The number of nitrogens with one attached hydrogen (secondary N) is 2. The molecule has 0 aliphatic carbocycles. The van der Waals surface area contributed by atoms with Crippen LogP contribution in [0.25, 0.3) is 11.1 Å². The van der Waals surface area contributed by atoms with Crippen molar-refractivity contribution in [2.45, 2.75) is 43.9 Å². The number of hydrogen-bond donors (Lipinski definition) is 3. The molecule has 2 heterocycles. The lowest BCUT2D eigenvalue weighted by Gasteiger charge is -2.35. The number of carbonyl (C=O) groups excluding carboxylic acids is 2. The van der Waals surface area contributed by atoms with Gasteiger partial charge in [0.1, 0.15) is 0 Å². The Kier molecular flexibility index (Phi) is 8.96. The lowest BCUT2D eigenvalue weighted by molar-refractivity contribution is -0.133. The Morgan fingerprint density at radius 2 is 1.67 bits per heavy atom. The van der Waals surface area contributed by atoms with Crippen molar-refractivity contribution in [2.24, 2.45) is 0 Å². The molecule has 0 saturated carbocycles. The van der Waals surface area contributed by atoms with Crippen LogP contribution < -0.4 is 10.6 Å². The zero-order valence-corrected chi connectivity index (χ0v) is 21.4. The lowest BCUT2D eigenvalue weighted by atomic mass is 10.0. The number of urea groups is 1. The minimum atomic E-state index is -0.497. The average molecular weight is 494 g/mol. The van der Waals surface area contributed by atoms with E-state index in [1.807, 2.05) is 54.6 Å². The van der Waals surface area contributed by atoms with E-state index >= 15 is 0 Å². The van der Waals surface area contributed by atoms with E-state index in [2.05, 4.69) is 20.4 Å². The number of hydrogen-bond acceptors (Lipinski definition) is 5. The number of anilines is 1. The van der Waals surface area contributed by atoms with Crippen LogP contribution in [0.15, 0.2) is 54.6 Å². The summed E-state index contributed by atoms with van der Waals surface area (Å²) in [5.74, 6) is 0.122. The van der Waals surface area contributed by atoms with Crippen LogP contribution in [-0.2, 0) is 4.79 Å². The van der Waals surface area contributed by atoms with Gasteiger partial charge in [-0.1, -0.05) is 48.5 Å². The first-order chi connectivity index (χ1) is 17.4. The second-order valence-corrected chi connectivity index (χ2v) is 10.1. The summed E-state index contributed by atoms with van der Waals surface area (Å²) in [7, 11) is 3.57. The van der Waals surface area contributed by atoms with Gasteiger partial charge in [-0.3, -0.25) is 9.69 Å². The lowest BCUT2D eigenvalue weighted by Crippen LogP contribution is -2.50. The number of aliphatic hydroxyl groups is 1. The highest BCUT2D eigenvalue weighted by Gasteiger charge is 2.33. The van der Waals surface area contributed by atoms with Crippen molar-refractivity contribution in [3.63, 3.8) is 0 Å². The van der Waals surface area contributed by atoms with E-state index in [1.165, 1.54) is 0 Å². The van der Waals surface area contributed by atoms with Crippen molar-refractivity contribution in [3.8, 4) is 11.1 Å². The van der Waals surface area contributed by atoms with Gasteiger partial charge in [0.2, 0.25) is 5.91 Å². The summed E-state index contributed by atoms with van der Waals surface area (Å²) < 4.78 is 0. The number of benzene rings is 2. The summed E-state index contributed by atoms with van der Waals surface area (Å²) in [6, 6.07) is 17.6. The zero-order chi connectivity index (χ0) is 25.5. The van der Waals surface area contributed by atoms with Crippen molar-refractivity contribution < 1.29 is 14.7 Å². The Balaban J connectivity index is 1.21. The molecule has 0 aromatic heterocycles. The van der Waals surface area contributed by atoms with E-state index in [0.717, 1.165) is 62.1 Å². The number of β-amino-alcohol motifs (C(OH)–C–C–N with tert-alkyl or cyclic N) is 1. The fraction of sp³-hybridized carbons (Fsp3) is 0.500. The van der Waals surface area contributed by atoms with E-state index < -0.39 is 6.10 Å². The van der Waals surface area contributed by atoms with Crippen LogP contribution in [0.5, 0.6) is 0 Å². The highest BCUT2D eigenvalue weighted by Crippen LogP contribution is 2.27. The first-order valence-corrected chi connectivity index (χ1v) is 13.0. The Morgan fingerprint density at radius 3 is 2.39 bits per heavy atom. The number of para-hydroxylation sites is 1. The van der Waals surface area contributed by atoms with Gasteiger partial charge in [-0.25, -0.2) is 4.79 Å². The Labute approximate surface area is 214 Å². The first kappa shape index (κ1) is 26.1. The number of carbonyl (C=O) groups is 2. The predicted molar refractivity (Wildman–Crippen MR) is 143 cm³/mol. The minimum Gasteiger partial charge on any atom is -0.390 e. The third-order valence-electron chi connectivity index (χ3n) is 7.19. The van der Waals surface area contributed by atoms with Crippen LogP contribution in [0.4, 0.5) is 10.5 Å².